The molecule has 2 atom stereocenters. The first-order valence-corrected chi connectivity index (χ1v) is 10.7. The van der Waals surface area contributed by atoms with Gasteiger partial charge in [-0.2, -0.15) is 0 Å². The molecular formula is C22H26N2O6S. The van der Waals surface area contributed by atoms with Crippen molar-refractivity contribution in [2.45, 2.75) is 38.1 Å². The lowest BCUT2D eigenvalue weighted by Gasteiger charge is -2.19. The Hall–Kier alpha value is -3.04. The number of Topliss-reactive ketones (excluding diaryl/α,β-unsaturated/α-hetero) is 1. The topological polar surface area (TPSA) is 147 Å². The molecule has 0 fully saturated rings. The number of primary amides is 1. The van der Waals surface area contributed by atoms with Crippen LogP contribution in [0.4, 0.5) is 0 Å². The fourth-order valence-corrected chi connectivity index (χ4v) is 3.76. The number of nitrogens with two attached hydrogens (primary N) is 1. The Morgan fingerprint density at radius 1 is 1.06 bits per heavy atom. The molecule has 0 spiro atoms. The van der Waals surface area contributed by atoms with Gasteiger partial charge in [0, 0.05) is 24.1 Å². The molecule has 0 aliphatic carbocycles. The summed E-state index contributed by atoms with van der Waals surface area (Å²) in [6, 6.07) is 10.8. The first-order chi connectivity index (χ1) is 14.8. The number of amides is 2. The number of thiophene rings is 1. The summed E-state index contributed by atoms with van der Waals surface area (Å²) in [5, 5.41) is 22.6. The second-order valence-corrected chi connectivity index (χ2v) is 8.13. The summed E-state index contributed by atoms with van der Waals surface area (Å²) in [4.78, 5) is 48.1. The van der Waals surface area contributed by atoms with Crippen molar-refractivity contribution >= 4 is 34.9 Å². The molecule has 0 unspecified atom stereocenters. The summed E-state index contributed by atoms with van der Waals surface area (Å²) >= 11 is 1.64. The third-order valence-corrected chi connectivity index (χ3v) is 5.76. The smallest absolute Gasteiger partial charge is 0.303 e. The number of carbonyl (C=O) groups excluding carboxylic acids is 3. The molecule has 1 aromatic carbocycles. The molecular weight excluding hydrogens is 420 g/mol. The maximum Gasteiger partial charge on any atom is 0.303 e. The molecule has 0 aliphatic rings. The Morgan fingerprint density at radius 3 is 2.32 bits per heavy atom. The highest BCUT2D eigenvalue weighted by Gasteiger charge is 2.26. The van der Waals surface area contributed by atoms with Crippen molar-refractivity contribution in [3.8, 4) is 10.4 Å². The standard InChI is InChI=1S/C22H26N2O6S/c23-22(30)16(13-25)12-18(26)17(8-10-21(28)29)24-20(27)9-5-14-3-6-15(7-4-14)19-2-1-11-31-19/h1-4,6-7,11,16-17,25H,5,8-10,12-13H2,(H2,23,30)(H,24,27)(H,28,29)/t16-,17-/m0/s1. The maximum absolute atomic E-state index is 12.5. The molecule has 8 nitrogen and oxygen atoms in total. The number of aliphatic hydroxyl groups excluding tert-OH is 1. The molecule has 0 bridgehead atoms. The van der Waals surface area contributed by atoms with Gasteiger partial charge in [0.25, 0.3) is 0 Å². The third kappa shape index (κ3) is 7.95. The molecule has 0 saturated carbocycles. The van der Waals surface area contributed by atoms with E-state index >= 15 is 0 Å². The van der Waals surface area contributed by atoms with Crippen LogP contribution in [-0.4, -0.2) is 46.4 Å². The first-order valence-electron chi connectivity index (χ1n) is 9.87. The number of aliphatic carboxylic acids is 1. The summed E-state index contributed by atoms with van der Waals surface area (Å²) in [6.07, 6.45) is -0.209. The van der Waals surface area contributed by atoms with Crippen molar-refractivity contribution in [2.75, 3.05) is 6.61 Å². The molecule has 166 valence electrons. The minimum Gasteiger partial charge on any atom is -0.481 e. The highest BCUT2D eigenvalue weighted by Crippen LogP contribution is 2.24. The molecule has 1 aromatic heterocycles. The van der Waals surface area contributed by atoms with Gasteiger partial charge in [0.2, 0.25) is 11.8 Å². The zero-order valence-electron chi connectivity index (χ0n) is 17.0. The van der Waals surface area contributed by atoms with Gasteiger partial charge >= 0.3 is 5.97 Å². The Balaban J connectivity index is 1.93. The molecule has 2 amide bonds. The van der Waals surface area contributed by atoms with E-state index in [4.69, 9.17) is 10.8 Å². The van der Waals surface area contributed by atoms with E-state index in [9.17, 15) is 24.3 Å². The highest BCUT2D eigenvalue weighted by atomic mass is 32.1. The van der Waals surface area contributed by atoms with Gasteiger partial charge < -0.3 is 21.3 Å². The number of aryl methyl sites for hydroxylation is 1. The van der Waals surface area contributed by atoms with E-state index in [-0.39, 0.29) is 25.7 Å². The fourth-order valence-electron chi connectivity index (χ4n) is 3.02. The largest absolute Gasteiger partial charge is 0.481 e. The number of benzene rings is 1. The second-order valence-electron chi connectivity index (χ2n) is 7.18. The quantitative estimate of drug-likeness (QED) is 0.369. The summed E-state index contributed by atoms with van der Waals surface area (Å²) in [6.45, 7) is -0.595. The predicted octanol–water partition coefficient (Wildman–Crippen LogP) is 1.75. The monoisotopic (exact) mass is 446 g/mol. The summed E-state index contributed by atoms with van der Waals surface area (Å²) in [5.41, 5.74) is 7.19. The molecule has 31 heavy (non-hydrogen) atoms. The van der Waals surface area contributed by atoms with Crippen LogP contribution in [0.1, 0.15) is 31.2 Å². The number of hydrogen-bond acceptors (Lipinski definition) is 6. The van der Waals surface area contributed by atoms with Crippen LogP contribution in [0.5, 0.6) is 0 Å². The lowest BCUT2D eigenvalue weighted by atomic mass is 9.96. The van der Waals surface area contributed by atoms with Crippen molar-refractivity contribution in [2.24, 2.45) is 11.7 Å². The third-order valence-electron chi connectivity index (χ3n) is 4.84. The van der Waals surface area contributed by atoms with Gasteiger partial charge in [-0.05, 0) is 35.4 Å². The van der Waals surface area contributed by atoms with Gasteiger partial charge in [-0.25, -0.2) is 0 Å². The number of carboxylic acids is 1. The number of carbonyl (C=O) groups is 4. The van der Waals surface area contributed by atoms with E-state index in [1.807, 2.05) is 41.8 Å². The van der Waals surface area contributed by atoms with Crippen molar-refractivity contribution < 1.29 is 29.4 Å². The Bertz CT molecular complexity index is 895. The minimum atomic E-state index is -1.11. The summed E-state index contributed by atoms with van der Waals surface area (Å²) in [7, 11) is 0. The lowest BCUT2D eigenvalue weighted by Crippen LogP contribution is -2.43. The van der Waals surface area contributed by atoms with E-state index in [1.54, 1.807) is 11.3 Å². The van der Waals surface area contributed by atoms with E-state index in [1.165, 1.54) is 0 Å². The zero-order chi connectivity index (χ0) is 22.8. The van der Waals surface area contributed by atoms with Crippen LogP contribution < -0.4 is 11.1 Å². The van der Waals surface area contributed by atoms with Crippen LogP contribution >= 0.6 is 11.3 Å². The van der Waals surface area contributed by atoms with Crippen LogP contribution in [-0.2, 0) is 25.6 Å². The average molecular weight is 447 g/mol. The SMILES string of the molecule is NC(=O)[C@H](CO)CC(=O)[C@H](CCC(=O)O)NC(=O)CCc1ccc(-c2cccs2)cc1. The molecule has 5 N–H and O–H groups in total. The van der Waals surface area contributed by atoms with Crippen LogP contribution in [0, 0.1) is 5.92 Å². The van der Waals surface area contributed by atoms with Gasteiger partial charge in [-0.3, -0.25) is 19.2 Å². The van der Waals surface area contributed by atoms with Crippen molar-refractivity contribution in [1.82, 2.24) is 5.32 Å². The van der Waals surface area contributed by atoms with E-state index < -0.39 is 42.1 Å². The average Bonchev–Trinajstić information content (AvgIpc) is 3.28. The number of ketones is 1. The normalized spacial score (nSPS) is 12.7. The maximum atomic E-state index is 12.5. The minimum absolute atomic E-state index is 0.105. The number of rotatable bonds is 13. The summed E-state index contributed by atoms with van der Waals surface area (Å²) in [5.74, 6) is -3.94. The second kappa shape index (κ2) is 12.0. The van der Waals surface area contributed by atoms with E-state index in [0.717, 1.165) is 16.0 Å². The molecule has 0 saturated heterocycles. The van der Waals surface area contributed by atoms with Gasteiger partial charge in [0.1, 0.15) is 0 Å². The number of nitrogens with one attached hydrogen (secondary N) is 1. The van der Waals surface area contributed by atoms with Crippen LogP contribution in [0.3, 0.4) is 0 Å². The van der Waals surface area contributed by atoms with Gasteiger partial charge in [0.15, 0.2) is 5.78 Å². The zero-order valence-corrected chi connectivity index (χ0v) is 17.8. The molecule has 1 heterocycles. The molecule has 9 heteroatoms. The van der Waals surface area contributed by atoms with Crippen LogP contribution in [0.2, 0.25) is 0 Å². The number of hydrogen-bond donors (Lipinski definition) is 4. The van der Waals surface area contributed by atoms with Crippen LogP contribution in [0.25, 0.3) is 10.4 Å². The lowest BCUT2D eigenvalue weighted by molar-refractivity contribution is -0.138. The van der Waals surface area contributed by atoms with Gasteiger partial charge in [-0.15, -0.1) is 11.3 Å². The first kappa shape index (κ1) is 24.2. The number of aliphatic hydroxyl groups is 1. The Morgan fingerprint density at radius 2 is 1.77 bits per heavy atom. The van der Waals surface area contributed by atoms with Gasteiger partial charge in [0.05, 0.1) is 18.6 Å². The molecule has 2 aromatic rings. The highest BCUT2D eigenvalue weighted by molar-refractivity contribution is 7.13. The Kier molecular flexibility index (Phi) is 9.36. The summed E-state index contributed by atoms with van der Waals surface area (Å²) < 4.78 is 0. The van der Waals surface area contributed by atoms with E-state index in [2.05, 4.69) is 5.32 Å². The van der Waals surface area contributed by atoms with Crippen molar-refractivity contribution in [3.63, 3.8) is 0 Å². The van der Waals surface area contributed by atoms with Crippen molar-refractivity contribution in [3.05, 3.63) is 47.3 Å². The molecule has 0 aliphatic heterocycles. The molecule has 0 radical (unpaired) electrons. The molecule has 2 rings (SSSR count). The Labute approximate surface area is 184 Å². The van der Waals surface area contributed by atoms with Crippen LogP contribution in [0.15, 0.2) is 41.8 Å². The fraction of sp³-hybridized carbons (Fsp3) is 0.364. The predicted molar refractivity (Wildman–Crippen MR) is 116 cm³/mol. The van der Waals surface area contributed by atoms with Gasteiger partial charge in [-0.1, -0.05) is 30.3 Å². The van der Waals surface area contributed by atoms with E-state index in [0.29, 0.717) is 6.42 Å². The number of carboxylic acid groups (broad SMARTS) is 1. The van der Waals surface area contributed by atoms with Crippen molar-refractivity contribution in [1.29, 1.82) is 0 Å².